The third-order valence-electron chi connectivity index (χ3n) is 5.41. The lowest BCUT2D eigenvalue weighted by atomic mass is 10.1. The van der Waals surface area contributed by atoms with Crippen LogP contribution in [0, 0.1) is 0 Å². The zero-order chi connectivity index (χ0) is 21.2. The van der Waals surface area contributed by atoms with Gasteiger partial charge in [-0.1, -0.05) is 42.5 Å². The molecule has 0 unspecified atom stereocenters. The van der Waals surface area contributed by atoms with Crippen LogP contribution in [0.1, 0.15) is 35.6 Å². The molecule has 6 nitrogen and oxygen atoms in total. The zero-order valence-electron chi connectivity index (χ0n) is 17.0. The lowest BCUT2D eigenvalue weighted by Crippen LogP contribution is -2.23. The van der Waals surface area contributed by atoms with Crippen LogP contribution in [0.3, 0.4) is 0 Å². The smallest absolute Gasteiger partial charge is 0.263 e. The lowest BCUT2D eigenvalue weighted by Gasteiger charge is -2.09. The molecule has 31 heavy (non-hydrogen) atoms. The molecule has 0 atom stereocenters. The first-order chi connectivity index (χ1) is 15.2. The Balaban J connectivity index is 1.47. The van der Waals surface area contributed by atoms with Crippen molar-refractivity contribution < 1.29 is 4.42 Å². The van der Waals surface area contributed by atoms with Crippen molar-refractivity contribution in [2.75, 3.05) is 0 Å². The van der Waals surface area contributed by atoms with Gasteiger partial charge in [-0.3, -0.25) is 9.36 Å². The summed E-state index contributed by atoms with van der Waals surface area (Å²) in [5, 5.41) is 9.77. The number of aryl methyl sites for hydroxylation is 2. The van der Waals surface area contributed by atoms with Crippen LogP contribution in [0.2, 0.25) is 0 Å². The first kappa shape index (κ1) is 20.2. The van der Waals surface area contributed by atoms with Gasteiger partial charge in [-0.05, 0) is 43.4 Å². The molecule has 4 aromatic rings. The summed E-state index contributed by atoms with van der Waals surface area (Å²) in [5.41, 5.74) is 2.13. The van der Waals surface area contributed by atoms with Gasteiger partial charge in [0.15, 0.2) is 5.16 Å². The molecule has 0 spiro atoms. The number of rotatable bonds is 6. The molecule has 8 heteroatoms. The minimum absolute atomic E-state index is 0.0299. The standard InChI is InChI=1S/C23H22N4O2S2/c1-2-13-27-22(28)19-16-11-7-4-8-12-17(16)31-21(19)24-23(27)30-14-18-25-26-20(29-18)15-9-5-3-6-10-15/h2-3,5-6,9-10H,1,4,7-8,11-14H2. The highest BCUT2D eigenvalue weighted by molar-refractivity contribution is 7.98. The Hall–Kier alpha value is -2.71. The maximum absolute atomic E-state index is 13.4. The molecule has 0 bridgehead atoms. The van der Waals surface area contributed by atoms with Gasteiger partial charge in [-0.2, -0.15) is 0 Å². The third-order valence-corrected chi connectivity index (χ3v) is 7.56. The highest BCUT2D eigenvalue weighted by atomic mass is 32.2. The third kappa shape index (κ3) is 3.97. The number of allylic oxidation sites excluding steroid dienone is 1. The van der Waals surface area contributed by atoms with Crippen LogP contribution in [-0.4, -0.2) is 19.7 Å². The number of fused-ring (bicyclic) bond motifs is 3. The summed E-state index contributed by atoms with van der Waals surface area (Å²) >= 11 is 3.12. The van der Waals surface area contributed by atoms with Gasteiger partial charge >= 0.3 is 0 Å². The van der Waals surface area contributed by atoms with E-state index in [1.807, 2.05) is 30.3 Å². The van der Waals surface area contributed by atoms with E-state index < -0.39 is 0 Å². The van der Waals surface area contributed by atoms with Crippen LogP contribution in [-0.2, 0) is 25.1 Å². The first-order valence-corrected chi connectivity index (χ1v) is 12.2. The second kappa shape index (κ2) is 8.80. The van der Waals surface area contributed by atoms with Crippen LogP contribution in [0.5, 0.6) is 0 Å². The molecule has 3 heterocycles. The number of benzene rings is 1. The van der Waals surface area contributed by atoms with E-state index in [4.69, 9.17) is 9.40 Å². The van der Waals surface area contributed by atoms with Gasteiger partial charge in [-0.25, -0.2) is 4.98 Å². The Morgan fingerprint density at radius 2 is 2.00 bits per heavy atom. The highest BCUT2D eigenvalue weighted by Crippen LogP contribution is 2.34. The summed E-state index contributed by atoms with van der Waals surface area (Å²) in [6.45, 7) is 4.25. The second-order valence-electron chi connectivity index (χ2n) is 7.50. The van der Waals surface area contributed by atoms with Gasteiger partial charge in [0.2, 0.25) is 11.8 Å². The van der Waals surface area contributed by atoms with E-state index in [1.165, 1.54) is 35.0 Å². The van der Waals surface area contributed by atoms with E-state index in [0.29, 0.717) is 29.2 Å². The number of hydrogen-bond acceptors (Lipinski definition) is 7. The topological polar surface area (TPSA) is 73.8 Å². The predicted octanol–water partition coefficient (Wildman–Crippen LogP) is 5.26. The normalized spacial score (nSPS) is 13.8. The Labute approximate surface area is 188 Å². The zero-order valence-corrected chi connectivity index (χ0v) is 18.7. The van der Waals surface area contributed by atoms with Crippen molar-refractivity contribution in [2.45, 2.75) is 49.6 Å². The number of thioether (sulfide) groups is 1. The Kier molecular flexibility index (Phi) is 5.74. The van der Waals surface area contributed by atoms with Crippen molar-refractivity contribution in [3.05, 3.63) is 69.7 Å². The minimum atomic E-state index is 0.0299. The number of nitrogens with zero attached hydrogens (tertiary/aromatic N) is 4. The van der Waals surface area contributed by atoms with Crippen LogP contribution in [0.15, 0.2) is 57.4 Å². The van der Waals surface area contributed by atoms with Gasteiger partial charge < -0.3 is 4.42 Å². The summed E-state index contributed by atoms with van der Waals surface area (Å²) < 4.78 is 7.53. The maximum atomic E-state index is 13.4. The average Bonchev–Trinajstić information content (AvgIpc) is 3.33. The lowest BCUT2D eigenvalue weighted by molar-refractivity contribution is 0.528. The number of aromatic nitrogens is 4. The van der Waals surface area contributed by atoms with Crippen molar-refractivity contribution in [3.63, 3.8) is 0 Å². The molecule has 0 saturated heterocycles. The molecule has 0 aliphatic heterocycles. The summed E-state index contributed by atoms with van der Waals surface area (Å²) in [6.07, 6.45) is 7.30. The average molecular weight is 451 g/mol. The molecule has 5 rings (SSSR count). The predicted molar refractivity (Wildman–Crippen MR) is 125 cm³/mol. The van der Waals surface area contributed by atoms with Gasteiger partial charge in [0, 0.05) is 17.0 Å². The van der Waals surface area contributed by atoms with E-state index in [2.05, 4.69) is 16.8 Å². The van der Waals surface area contributed by atoms with Crippen LogP contribution in [0.4, 0.5) is 0 Å². The molecule has 0 radical (unpaired) electrons. The van der Waals surface area contributed by atoms with E-state index in [9.17, 15) is 4.79 Å². The second-order valence-corrected chi connectivity index (χ2v) is 9.53. The van der Waals surface area contributed by atoms with Gasteiger partial charge in [0.05, 0.1) is 11.1 Å². The van der Waals surface area contributed by atoms with E-state index in [0.717, 1.165) is 35.0 Å². The molecule has 1 aliphatic rings. The molecule has 0 amide bonds. The molecule has 0 fully saturated rings. The molecule has 1 aromatic carbocycles. The molecular weight excluding hydrogens is 428 g/mol. The SMILES string of the molecule is C=CCn1c(SCc2nnc(-c3ccccc3)o2)nc2sc3c(c2c1=O)CCCCC3. The van der Waals surface area contributed by atoms with Crippen molar-refractivity contribution >= 4 is 33.3 Å². The van der Waals surface area contributed by atoms with Crippen LogP contribution < -0.4 is 5.56 Å². The monoisotopic (exact) mass is 450 g/mol. The van der Waals surface area contributed by atoms with Gasteiger partial charge in [0.1, 0.15) is 4.83 Å². The van der Waals surface area contributed by atoms with Crippen molar-refractivity contribution in [1.82, 2.24) is 19.7 Å². The van der Waals surface area contributed by atoms with Gasteiger partial charge in [-0.15, -0.1) is 28.1 Å². The van der Waals surface area contributed by atoms with Crippen molar-refractivity contribution in [2.24, 2.45) is 0 Å². The molecule has 0 N–H and O–H groups in total. The van der Waals surface area contributed by atoms with Crippen molar-refractivity contribution in [3.8, 4) is 11.5 Å². The van der Waals surface area contributed by atoms with E-state index in [-0.39, 0.29) is 5.56 Å². The molecule has 158 valence electrons. The van der Waals surface area contributed by atoms with Crippen molar-refractivity contribution in [1.29, 1.82) is 0 Å². The van der Waals surface area contributed by atoms with Crippen LogP contribution in [0.25, 0.3) is 21.7 Å². The largest absolute Gasteiger partial charge is 0.420 e. The molecule has 3 aromatic heterocycles. The summed E-state index contributed by atoms with van der Waals surface area (Å²) in [4.78, 5) is 20.4. The first-order valence-electron chi connectivity index (χ1n) is 10.4. The van der Waals surface area contributed by atoms with E-state index in [1.54, 1.807) is 22.0 Å². The fourth-order valence-corrected chi connectivity index (χ4v) is 6.08. The molecule has 0 saturated carbocycles. The van der Waals surface area contributed by atoms with Crippen LogP contribution >= 0.6 is 23.1 Å². The number of thiophene rings is 1. The quantitative estimate of drug-likeness (QED) is 0.173. The Morgan fingerprint density at radius 1 is 1.16 bits per heavy atom. The minimum Gasteiger partial charge on any atom is -0.420 e. The summed E-state index contributed by atoms with van der Waals surface area (Å²) in [5.74, 6) is 1.44. The Morgan fingerprint density at radius 3 is 2.84 bits per heavy atom. The molecule has 1 aliphatic carbocycles. The summed E-state index contributed by atoms with van der Waals surface area (Å²) in [6, 6.07) is 9.68. The fourth-order valence-electron chi connectivity index (χ4n) is 3.93. The molecular formula is C23H22N4O2S2. The fraction of sp³-hybridized carbons (Fsp3) is 0.304. The summed E-state index contributed by atoms with van der Waals surface area (Å²) in [7, 11) is 0. The highest BCUT2D eigenvalue weighted by Gasteiger charge is 2.21. The number of hydrogen-bond donors (Lipinski definition) is 0. The maximum Gasteiger partial charge on any atom is 0.263 e. The van der Waals surface area contributed by atoms with Gasteiger partial charge in [0.25, 0.3) is 5.56 Å². The van der Waals surface area contributed by atoms with E-state index >= 15 is 0 Å². The Bertz CT molecular complexity index is 1290.